The topological polar surface area (TPSA) is 120 Å². The zero-order valence-corrected chi connectivity index (χ0v) is 13.3. The van der Waals surface area contributed by atoms with Gasteiger partial charge in [0.1, 0.15) is 18.5 Å². The van der Waals surface area contributed by atoms with Crippen LogP contribution in [0.5, 0.6) is 0 Å². The highest BCUT2D eigenvalue weighted by Crippen LogP contribution is 2.22. The third-order valence-electron chi connectivity index (χ3n) is 3.12. The van der Waals surface area contributed by atoms with E-state index in [9.17, 15) is 14.9 Å². The van der Waals surface area contributed by atoms with Gasteiger partial charge in [-0.1, -0.05) is 42.2 Å². The number of nitrogens with zero attached hydrogens (tertiary/aromatic N) is 2. The molecule has 1 aromatic heterocycles. The molecular formula is C17H16N4O4. The number of benzene rings is 1. The summed E-state index contributed by atoms with van der Waals surface area (Å²) in [5.74, 6) is 5.48. The second-order valence-electron chi connectivity index (χ2n) is 4.92. The number of nitro groups is 1. The minimum absolute atomic E-state index is 0.0252. The van der Waals surface area contributed by atoms with Crippen molar-refractivity contribution in [1.29, 1.82) is 0 Å². The number of nitrogen functional groups attached to an aromatic ring is 1. The number of carbonyl (C=O) groups excluding carboxylic acids is 1. The quantitative estimate of drug-likeness (QED) is 0.373. The van der Waals surface area contributed by atoms with Crippen LogP contribution in [0.4, 0.5) is 16.2 Å². The first-order valence-corrected chi connectivity index (χ1v) is 7.39. The fourth-order valence-corrected chi connectivity index (χ4v) is 1.86. The molecule has 0 aliphatic carbocycles. The molecule has 1 aromatic carbocycles. The van der Waals surface area contributed by atoms with E-state index in [1.54, 1.807) is 0 Å². The van der Waals surface area contributed by atoms with Crippen molar-refractivity contribution < 1.29 is 14.5 Å². The Morgan fingerprint density at radius 3 is 2.80 bits per heavy atom. The lowest BCUT2D eigenvalue weighted by atomic mass is 10.2. The van der Waals surface area contributed by atoms with Gasteiger partial charge in [0.2, 0.25) is 0 Å². The van der Waals surface area contributed by atoms with E-state index in [-0.39, 0.29) is 30.1 Å². The van der Waals surface area contributed by atoms with Crippen molar-refractivity contribution in [3.63, 3.8) is 0 Å². The lowest BCUT2D eigenvalue weighted by Crippen LogP contribution is -2.24. The van der Waals surface area contributed by atoms with Gasteiger partial charge in [0, 0.05) is 19.2 Å². The number of nitrogens with two attached hydrogens (primary N) is 1. The zero-order chi connectivity index (χ0) is 18.1. The summed E-state index contributed by atoms with van der Waals surface area (Å²) in [6, 6.07) is 9.32. The maximum Gasteiger partial charge on any atom is 0.407 e. The van der Waals surface area contributed by atoms with Crippen molar-refractivity contribution in [1.82, 2.24) is 10.3 Å². The lowest BCUT2D eigenvalue weighted by Gasteiger charge is -2.05. The molecule has 8 heteroatoms. The number of alkyl carbamates (subject to hydrolysis) is 1. The molecule has 1 amide bonds. The molecule has 0 aliphatic rings. The van der Waals surface area contributed by atoms with Crippen LogP contribution in [-0.2, 0) is 11.3 Å². The van der Waals surface area contributed by atoms with E-state index >= 15 is 0 Å². The molecule has 0 saturated heterocycles. The summed E-state index contributed by atoms with van der Waals surface area (Å²) in [6.07, 6.45) is 2.23. The first kappa shape index (κ1) is 17.7. The van der Waals surface area contributed by atoms with Gasteiger partial charge in [-0.3, -0.25) is 15.1 Å². The third-order valence-corrected chi connectivity index (χ3v) is 3.12. The van der Waals surface area contributed by atoms with Crippen LogP contribution in [0.1, 0.15) is 17.5 Å². The van der Waals surface area contributed by atoms with E-state index in [1.807, 2.05) is 30.3 Å². The molecule has 0 unspecified atom stereocenters. The highest BCUT2D eigenvalue weighted by molar-refractivity contribution is 5.67. The number of ether oxygens (including phenoxy) is 1. The number of amides is 1. The molecule has 0 radical (unpaired) electrons. The van der Waals surface area contributed by atoms with Crippen LogP contribution >= 0.6 is 0 Å². The van der Waals surface area contributed by atoms with Gasteiger partial charge in [-0.2, -0.15) is 0 Å². The van der Waals surface area contributed by atoms with Gasteiger partial charge < -0.3 is 15.8 Å². The van der Waals surface area contributed by atoms with E-state index in [0.29, 0.717) is 6.42 Å². The van der Waals surface area contributed by atoms with Crippen molar-refractivity contribution in [3.8, 4) is 11.8 Å². The summed E-state index contributed by atoms with van der Waals surface area (Å²) in [7, 11) is 0. The Hall–Kier alpha value is -3.60. The molecule has 0 saturated carbocycles. The molecular weight excluding hydrogens is 324 g/mol. The van der Waals surface area contributed by atoms with E-state index < -0.39 is 11.0 Å². The summed E-state index contributed by atoms with van der Waals surface area (Å²) < 4.78 is 5.05. The lowest BCUT2D eigenvalue weighted by molar-refractivity contribution is -0.384. The van der Waals surface area contributed by atoms with Crippen molar-refractivity contribution in [2.45, 2.75) is 13.0 Å². The highest BCUT2D eigenvalue weighted by atomic mass is 16.6. The van der Waals surface area contributed by atoms with E-state index in [2.05, 4.69) is 22.1 Å². The smallest absolute Gasteiger partial charge is 0.407 e. The summed E-state index contributed by atoms with van der Waals surface area (Å²) in [5.41, 5.74) is 6.53. The molecule has 3 N–H and O–H groups in total. The number of aromatic nitrogens is 1. The van der Waals surface area contributed by atoms with Crippen molar-refractivity contribution in [2.24, 2.45) is 0 Å². The SMILES string of the molecule is Nc1c(C#CCCNC(=O)OCc2ccccc2)cncc1[N+](=O)[O-]. The first-order valence-electron chi connectivity index (χ1n) is 7.39. The van der Waals surface area contributed by atoms with Crippen molar-refractivity contribution >= 4 is 17.5 Å². The molecule has 8 nitrogen and oxygen atoms in total. The molecule has 0 atom stereocenters. The molecule has 0 fully saturated rings. The number of carbonyl (C=O) groups is 1. The average Bonchev–Trinajstić information content (AvgIpc) is 2.61. The molecule has 2 rings (SSSR count). The Morgan fingerprint density at radius 2 is 2.08 bits per heavy atom. The van der Waals surface area contributed by atoms with E-state index in [1.165, 1.54) is 6.20 Å². The highest BCUT2D eigenvalue weighted by Gasteiger charge is 2.13. The number of nitrogens with one attached hydrogen (secondary N) is 1. The van der Waals surface area contributed by atoms with Gasteiger partial charge >= 0.3 is 11.8 Å². The maximum absolute atomic E-state index is 11.5. The van der Waals surface area contributed by atoms with Crippen molar-refractivity contribution in [2.75, 3.05) is 12.3 Å². The van der Waals surface area contributed by atoms with E-state index in [0.717, 1.165) is 11.8 Å². The van der Waals surface area contributed by atoms with Crippen LogP contribution in [0.3, 0.4) is 0 Å². The van der Waals surface area contributed by atoms with Gasteiger partial charge in [0.05, 0.1) is 10.5 Å². The van der Waals surface area contributed by atoms with Gasteiger partial charge in [-0.25, -0.2) is 4.79 Å². The van der Waals surface area contributed by atoms with Crippen LogP contribution in [0.25, 0.3) is 0 Å². The molecule has 0 aliphatic heterocycles. The Kier molecular flexibility index (Phi) is 6.31. The van der Waals surface area contributed by atoms with Gasteiger partial charge in [0.15, 0.2) is 0 Å². The Bertz CT molecular complexity index is 812. The first-order chi connectivity index (χ1) is 12.1. The van der Waals surface area contributed by atoms with E-state index in [4.69, 9.17) is 10.5 Å². The summed E-state index contributed by atoms with van der Waals surface area (Å²) in [4.78, 5) is 25.4. The predicted octanol–water partition coefficient (Wildman–Crippen LogP) is 2.24. The standard InChI is InChI=1S/C17H16N4O4/c18-16-14(10-19-11-15(16)21(23)24)8-4-5-9-20-17(22)25-12-13-6-2-1-3-7-13/h1-3,6-7,10-11H,5,9,12H2,(H2,18,19)(H,20,22). The Morgan fingerprint density at radius 1 is 1.32 bits per heavy atom. The number of hydrogen-bond acceptors (Lipinski definition) is 6. The normalized spacial score (nSPS) is 9.60. The fourth-order valence-electron chi connectivity index (χ4n) is 1.86. The Labute approximate surface area is 144 Å². The second-order valence-corrected chi connectivity index (χ2v) is 4.92. The minimum atomic E-state index is -0.613. The largest absolute Gasteiger partial charge is 0.445 e. The monoisotopic (exact) mass is 340 g/mol. The van der Waals surface area contributed by atoms with Crippen LogP contribution < -0.4 is 11.1 Å². The molecule has 2 aromatic rings. The number of pyridine rings is 1. The molecule has 25 heavy (non-hydrogen) atoms. The summed E-state index contributed by atoms with van der Waals surface area (Å²) in [6.45, 7) is 0.469. The number of anilines is 1. The average molecular weight is 340 g/mol. The van der Waals surface area contributed by atoms with Gasteiger partial charge in [-0.15, -0.1) is 0 Å². The van der Waals surface area contributed by atoms with Crippen LogP contribution in [0.2, 0.25) is 0 Å². The van der Waals surface area contributed by atoms with Crippen LogP contribution in [-0.4, -0.2) is 22.5 Å². The zero-order valence-electron chi connectivity index (χ0n) is 13.3. The fraction of sp³-hybridized carbons (Fsp3) is 0.176. The molecule has 0 spiro atoms. The molecule has 1 heterocycles. The summed E-state index contributed by atoms with van der Waals surface area (Å²) >= 11 is 0. The van der Waals surface area contributed by atoms with Crippen LogP contribution in [0.15, 0.2) is 42.7 Å². The predicted molar refractivity (Wildman–Crippen MR) is 91.4 cm³/mol. The van der Waals surface area contributed by atoms with Crippen LogP contribution in [0, 0.1) is 22.0 Å². The third kappa shape index (κ3) is 5.51. The molecule has 128 valence electrons. The Balaban J connectivity index is 1.76. The van der Waals surface area contributed by atoms with Crippen molar-refractivity contribution in [3.05, 3.63) is 64.0 Å². The summed E-state index contributed by atoms with van der Waals surface area (Å²) in [5, 5.41) is 13.3. The minimum Gasteiger partial charge on any atom is -0.445 e. The number of hydrogen-bond donors (Lipinski definition) is 2. The van der Waals surface area contributed by atoms with Gasteiger partial charge in [0.25, 0.3) is 0 Å². The molecule has 0 bridgehead atoms. The van der Waals surface area contributed by atoms with Gasteiger partial charge in [-0.05, 0) is 5.56 Å². The second kappa shape index (κ2) is 8.88. The maximum atomic E-state index is 11.5. The number of rotatable bonds is 5.